The first-order chi connectivity index (χ1) is 11.7. The first-order valence-electron chi connectivity index (χ1n) is 8.40. The van der Waals surface area contributed by atoms with Crippen LogP contribution in [0.3, 0.4) is 0 Å². The lowest BCUT2D eigenvalue weighted by atomic mass is 10.1. The average Bonchev–Trinajstić information content (AvgIpc) is 2.60. The van der Waals surface area contributed by atoms with Gasteiger partial charge in [-0.3, -0.25) is 4.99 Å². The fraction of sp³-hybridized carbons (Fsp3) is 0.350. The van der Waals surface area contributed by atoms with Crippen LogP contribution in [-0.2, 0) is 13.1 Å². The van der Waals surface area contributed by atoms with Crippen molar-refractivity contribution in [2.24, 2.45) is 4.99 Å². The van der Waals surface area contributed by atoms with Crippen LogP contribution in [0, 0.1) is 6.92 Å². The molecule has 0 bridgehead atoms. The van der Waals surface area contributed by atoms with Gasteiger partial charge in [0, 0.05) is 33.2 Å². The number of nitrogens with one attached hydrogen (secondary N) is 2. The van der Waals surface area contributed by atoms with Crippen LogP contribution in [0.4, 0.5) is 0 Å². The van der Waals surface area contributed by atoms with Gasteiger partial charge in [-0.2, -0.15) is 0 Å². The van der Waals surface area contributed by atoms with Crippen LogP contribution in [-0.4, -0.2) is 38.0 Å². The first-order valence-corrected chi connectivity index (χ1v) is 8.40. The van der Waals surface area contributed by atoms with E-state index in [4.69, 9.17) is 0 Å². The summed E-state index contributed by atoms with van der Waals surface area (Å²) in [6.45, 7) is 5.65. The Morgan fingerprint density at radius 3 is 2.33 bits per heavy atom. The van der Waals surface area contributed by atoms with Gasteiger partial charge in [-0.25, -0.2) is 0 Å². The molecule has 2 aromatic rings. The Labute approximate surface area is 145 Å². The molecule has 0 aliphatic carbocycles. The van der Waals surface area contributed by atoms with E-state index in [-0.39, 0.29) is 0 Å². The molecule has 0 unspecified atom stereocenters. The lowest BCUT2D eigenvalue weighted by molar-refractivity contribution is 0.331. The van der Waals surface area contributed by atoms with Crippen LogP contribution in [0.5, 0.6) is 0 Å². The zero-order valence-corrected chi connectivity index (χ0v) is 14.9. The summed E-state index contributed by atoms with van der Waals surface area (Å²) in [5.41, 5.74) is 3.87. The number of aryl methyl sites for hydroxylation is 1. The molecule has 24 heavy (non-hydrogen) atoms. The normalized spacial score (nSPS) is 11.6. The number of hydrogen-bond acceptors (Lipinski definition) is 2. The van der Waals surface area contributed by atoms with Crippen molar-refractivity contribution in [1.82, 2.24) is 15.5 Å². The minimum Gasteiger partial charge on any atom is -0.355 e. The van der Waals surface area contributed by atoms with Crippen LogP contribution < -0.4 is 10.6 Å². The van der Waals surface area contributed by atoms with E-state index in [1.807, 2.05) is 0 Å². The lowest BCUT2D eigenvalue weighted by Gasteiger charge is -2.18. The second-order valence-corrected chi connectivity index (χ2v) is 6.06. The van der Waals surface area contributed by atoms with Crippen LogP contribution in [0.25, 0.3) is 0 Å². The second kappa shape index (κ2) is 9.73. The summed E-state index contributed by atoms with van der Waals surface area (Å²) in [6, 6.07) is 19.1. The van der Waals surface area contributed by atoms with Crippen LogP contribution >= 0.6 is 0 Å². The van der Waals surface area contributed by atoms with E-state index >= 15 is 0 Å². The van der Waals surface area contributed by atoms with Crippen molar-refractivity contribution in [2.45, 2.75) is 20.0 Å². The van der Waals surface area contributed by atoms with E-state index in [0.29, 0.717) is 0 Å². The molecule has 4 nitrogen and oxygen atoms in total. The van der Waals surface area contributed by atoms with Crippen LogP contribution in [0.15, 0.2) is 59.6 Å². The van der Waals surface area contributed by atoms with E-state index in [2.05, 4.69) is 89.1 Å². The summed E-state index contributed by atoms with van der Waals surface area (Å²) in [5.74, 6) is 0.837. The fourth-order valence-electron chi connectivity index (χ4n) is 2.45. The molecule has 0 aliphatic rings. The zero-order valence-electron chi connectivity index (χ0n) is 14.9. The standard InChI is InChI=1S/C20H28N4/c1-17-9-11-18(12-10-17)15-23-20(21-2)22-13-14-24(3)16-19-7-5-4-6-8-19/h4-12H,13-16H2,1-3H3,(H2,21,22,23). The molecule has 0 spiro atoms. The van der Waals surface area contributed by atoms with Gasteiger partial charge >= 0.3 is 0 Å². The van der Waals surface area contributed by atoms with Gasteiger partial charge in [-0.05, 0) is 25.1 Å². The van der Waals surface area contributed by atoms with Gasteiger partial charge in [0.05, 0.1) is 0 Å². The quantitative estimate of drug-likeness (QED) is 0.608. The molecule has 0 saturated carbocycles. The molecule has 0 saturated heterocycles. The maximum absolute atomic E-state index is 4.28. The third kappa shape index (κ3) is 6.42. The van der Waals surface area contributed by atoms with Crippen molar-refractivity contribution in [3.05, 3.63) is 71.3 Å². The third-order valence-electron chi connectivity index (χ3n) is 3.89. The van der Waals surface area contributed by atoms with Gasteiger partial charge in [0.25, 0.3) is 0 Å². The Hall–Kier alpha value is -2.33. The topological polar surface area (TPSA) is 39.7 Å². The molecule has 0 amide bonds. The second-order valence-electron chi connectivity index (χ2n) is 6.06. The van der Waals surface area contributed by atoms with Crippen molar-refractivity contribution in [1.29, 1.82) is 0 Å². The van der Waals surface area contributed by atoms with E-state index in [9.17, 15) is 0 Å². The number of guanidine groups is 1. The monoisotopic (exact) mass is 324 g/mol. The number of nitrogens with zero attached hydrogens (tertiary/aromatic N) is 2. The van der Waals surface area contributed by atoms with Gasteiger partial charge in [0.15, 0.2) is 5.96 Å². The largest absolute Gasteiger partial charge is 0.355 e. The molecule has 0 atom stereocenters. The molecule has 0 aromatic heterocycles. The molecule has 0 heterocycles. The molecular weight excluding hydrogens is 296 g/mol. The van der Waals surface area contributed by atoms with Crippen molar-refractivity contribution >= 4 is 5.96 Å². The highest BCUT2D eigenvalue weighted by Crippen LogP contribution is 2.03. The van der Waals surface area contributed by atoms with Crippen LogP contribution in [0.2, 0.25) is 0 Å². The molecule has 2 N–H and O–H groups in total. The number of aliphatic imine (C=N–C) groups is 1. The Morgan fingerprint density at radius 1 is 0.958 bits per heavy atom. The summed E-state index contributed by atoms with van der Waals surface area (Å²) >= 11 is 0. The predicted molar refractivity (Wildman–Crippen MR) is 102 cm³/mol. The van der Waals surface area contributed by atoms with Crippen LogP contribution in [0.1, 0.15) is 16.7 Å². The Morgan fingerprint density at radius 2 is 1.67 bits per heavy atom. The van der Waals surface area contributed by atoms with Crippen molar-refractivity contribution in [3.63, 3.8) is 0 Å². The van der Waals surface area contributed by atoms with Gasteiger partial charge in [0.1, 0.15) is 0 Å². The molecule has 128 valence electrons. The number of hydrogen-bond donors (Lipinski definition) is 2. The fourth-order valence-corrected chi connectivity index (χ4v) is 2.45. The Balaban J connectivity index is 1.68. The summed E-state index contributed by atoms with van der Waals surface area (Å²) in [4.78, 5) is 6.58. The van der Waals surface area contributed by atoms with Gasteiger partial charge in [-0.1, -0.05) is 60.2 Å². The van der Waals surface area contributed by atoms with E-state index in [0.717, 1.165) is 32.1 Å². The molecule has 2 aromatic carbocycles. The molecule has 0 fully saturated rings. The Kier molecular flexibility index (Phi) is 7.30. The van der Waals surface area contributed by atoms with E-state index < -0.39 is 0 Å². The lowest BCUT2D eigenvalue weighted by Crippen LogP contribution is -2.40. The highest BCUT2D eigenvalue weighted by molar-refractivity contribution is 5.79. The summed E-state index contributed by atoms with van der Waals surface area (Å²) in [5, 5.41) is 6.71. The SMILES string of the molecule is CN=C(NCCN(C)Cc1ccccc1)NCc1ccc(C)cc1. The maximum atomic E-state index is 4.28. The average molecular weight is 324 g/mol. The highest BCUT2D eigenvalue weighted by atomic mass is 15.2. The smallest absolute Gasteiger partial charge is 0.191 e. The van der Waals surface area contributed by atoms with Crippen molar-refractivity contribution < 1.29 is 0 Å². The summed E-state index contributed by atoms with van der Waals surface area (Å²) in [7, 11) is 3.94. The van der Waals surface area contributed by atoms with Crippen molar-refractivity contribution in [3.8, 4) is 0 Å². The third-order valence-corrected chi connectivity index (χ3v) is 3.89. The molecular formula is C20H28N4. The summed E-state index contributed by atoms with van der Waals surface area (Å²) < 4.78 is 0. The van der Waals surface area contributed by atoms with Gasteiger partial charge < -0.3 is 15.5 Å². The van der Waals surface area contributed by atoms with Gasteiger partial charge in [-0.15, -0.1) is 0 Å². The van der Waals surface area contributed by atoms with E-state index in [1.165, 1.54) is 16.7 Å². The Bertz CT molecular complexity index is 620. The molecule has 0 radical (unpaired) electrons. The zero-order chi connectivity index (χ0) is 17.2. The minimum absolute atomic E-state index is 0.778. The minimum atomic E-state index is 0.778. The maximum Gasteiger partial charge on any atom is 0.191 e. The number of rotatable bonds is 7. The molecule has 2 rings (SSSR count). The van der Waals surface area contributed by atoms with Crippen molar-refractivity contribution in [2.75, 3.05) is 27.2 Å². The first kappa shape index (κ1) is 18.0. The van der Waals surface area contributed by atoms with E-state index in [1.54, 1.807) is 7.05 Å². The molecule has 0 aliphatic heterocycles. The summed E-state index contributed by atoms with van der Waals surface area (Å²) in [6.07, 6.45) is 0. The highest BCUT2D eigenvalue weighted by Gasteiger charge is 2.02. The predicted octanol–water partition coefficient (Wildman–Crippen LogP) is 2.79. The van der Waals surface area contributed by atoms with Gasteiger partial charge in [0.2, 0.25) is 0 Å². The number of likely N-dealkylation sites (N-methyl/N-ethyl adjacent to an activating group) is 1. The molecule has 4 heteroatoms. The number of benzene rings is 2.